The lowest BCUT2D eigenvalue weighted by Crippen LogP contribution is -2.40. The molecule has 0 radical (unpaired) electrons. The molecule has 1 fully saturated rings. The monoisotopic (exact) mass is 449 g/mol. The summed E-state index contributed by atoms with van der Waals surface area (Å²) in [7, 11) is 3.78. The number of guanidine groups is 1. The molecule has 0 bridgehead atoms. The van der Waals surface area contributed by atoms with Crippen molar-refractivity contribution in [3.05, 3.63) is 17.0 Å². The summed E-state index contributed by atoms with van der Waals surface area (Å²) < 4.78 is 7.24. The number of methoxy groups -OCH3 is 1. The Kier molecular flexibility index (Phi) is 9.04. The van der Waals surface area contributed by atoms with Crippen LogP contribution in [0.15, 0.2) is 4.99 Å². The van der Waals surface area contributed by atoms with E-state index in [1.54, 1.807) is 7.11 Å². The van der Waals surface area contributed by atoms with Gasteiger partial charge in [0, 0.05) is 51.9 Å². The van der Waals surface area contributed by atoms with E-state index in [1.165, 1.54) is 17.7 Å². The molecular formula is C17H32IN5O. The van der Waals surface area contributed by atoms with Crippen molar-refractivity contribution in [2.24, 2.45) is 18.0 Å². The highest BCUT2D eigenvalue weighted by molar-refractivity contribution is 14.0. The number of halogens is 1. The van der Waals surface area contributed by atoms with Crippen molar-refractivity contribution in [3.63, 3.8) is 0 Å². The average Bonchev–Trinajstić information content (AvgIpc) is 3.06. The highest BCUT2D eigenvalue weighted by Gasteiger charge is 2.24. The van der Waals surface area contributed by atoms with Crippen LogP contribution in [-0.4, -0.2) is 60.5 Å². The number of aliphatic imine (C=N–C) groups is 1. The molecular weight excluding hydrogens is 417 g/mol. The third-order valence-corrected chi connectivity index (χ3v) is 4.60. The molecule has 0 saturated carbocycles. The van der Waals surface area contributed by atoms with Gasteiger partial charge in [-0.25, -0.2) is 0 Å². The second-order valence-electron chi connectivity index (χ2n) is 6.31. The molecule has 138 valence electrons. The number of nitrogens with zero attached hydrogens (tertiary/aromatic N) is 4. The quantitative estimate of drug-likeness (QED) is 0.411. The molecule has 0 amide bonds. The van der Waals surface area contributed by atoms with Crippen molar-refractivity contribution in [1.82, 2.24) is 20.0 Å². The fourth-order valence-corrected chi connectivity index (χ4v) is 3.28. The van der Waals surface area contributed by atoms with Crippen LogP contribution >= 0.6 is 24.0 Å². The number of nitrogens with one attached hydrogen (secondary N) is 1. The van der Waals surface area contributed by atoms with E-state index in [1.807, 2.05) is 11.7 Å². The minimum Gasteiger partial charge on any atom is -0.384 e. The van der Waals surface area contributed by atoms with Crippen LogP contribution in [0.3, 0.4) is 0 Å². The van der Waals surface area contributed by atoms with Crippen LogP contribution < -0.4 is 5.32 Å². The van der Waals surface area contributed by atoms with Gasteiger partial charge in [0.05, 0.1) is 12.3 Å². The maximum atomic E-state index is 5.29. The summed E-state index contributed by atoms with van der Waals surface area (Å²) >= 11 is 0. The second kappa shape index (κ2) is 10.2. The Hall–Kier alpha value is -0.830. The minimum absolute atomic E-state index is 0. The van der Waals surface area contributed by atoms with Crippen LogP contribution in [0.5, 0.6) is 0 Å². The number of aryl methyl sites for hydroxylation is 2. The summed E-state index contributed by atoms with van der Waals surface area (Å²) in [5.41, 5.74) is 3.68. The Balaban J connectivity index is 0.00000288. The Morgan fingerprint density at radius 1 is 1.42 bits per heavy atom. The van der Waals surface area contributed by atoms with Gasteiger partial charge in [0.1, 0.15) is 0 Å². The number of ether oxygens (including phenoxy) is 1. The van der Waals surface area contributed by atoms with Gasteiger partial charge in [0.2, 0.25) is 0 Å². The minimum atomic E-state index is 0. The van der Waals surface area contributed by atoms with Crippen LogP contribution in [0.4, 0.5) is 0 Å². The van der Waals surface area contributed by atoms with Gasteiger partial charge in [-0.05, 0) is 39.2 Å². The van der Waals surface area contributed by atoms with Crippen LogP contribution in [0.25, 0.3) is 0 Å². The first-order valence-electron chi connectivity index (χ1n) is 8.58. The molecule has 0 aliphatic carbocycles. The molecule has 1 aromatic rings. The molecule has 1 N–H and O–H groups in total. The smallest absolute Gasteiger partial charge is 0.193 e. The number of hydrogen-bond donors (Lipinski definition) is 1. The Labute approximate surface area is 163 Å². The summed E-state index contributed by atoms with van der Waals surface area (Å²) in [6.45, 7) is 10.9. The summed E-state index contributed by atoms with van der Waals surface area (Å²) in [4.78, 5) is 7.19. The van der Waals surface area contributed by atoms with Gasteiger partial charge in [-0.15, -0.1) is 24.0 Å². The molecule has 1 aliphatic heterocycles. The molecule has 7 heteroatoms. The van der Waals surface area contributed by atoms with Crippen molar-refractivity contribution in [3.8, 4) is 0 Å². The van der Waals surface area contributed by atoms with Crippen LogP contribution in [0.1, 0.15) is 30.3 Å². The molecule has 1 atom stereocenters. The summed E-state index contributed by atoms with van der Waals surface area (Å²) in [6, 6.07) is 0. The van der Waals surface area contributed by atoms with Gasteiger partial charge in [-0.3, -0.25) is 9.67 Å². The lowest BCUT2D eigenvalue weighted by molar-refractivity contribution is 0.157. The predicted octanol–water partition coefficient (Wildman–Crippen LogP) is 2.13. The van der Waals surface area contributed by atoms with E-state index in [-0.39, 0.29) is 24.0 Å². The van der Waals surface area contributed by atoms with Gasteiger partial charge < -0.3 is 15.0 Å². The average molecular weight is 449 g/mol. The highest BCUT2D eigenvalue weighted by atomic mass is 127. The molecule has 0 aromatic carbocycles. The van der Waals surface area contributed by atoms with Crippen molar-refractivity contribution in [1.29, 1.82) is 0 Å². The molecule has 0 spiro atoms. The fraction of sp³-hybridized carbons (Fsp3) is 0.765. The van der Waals surface area contributed by atoms with Crippen molar-refractivity contribution in [2.45, 2.75) is 33.6 Å². The van der Waals surface area contributed by atoms with E-state index in [2.05, 4.69) is 36.1 Å². The van der Waals surface area contributed by atoms with E-state index in [9.17, 15) is 0 Å². The molecule has 1 aromatic heterocycles. The molecule has 1 unspecified atom stereocenters. The third-order valence-electron chi connectivity index (χ3n) is 4.60. The van der Waals surface area contributed by atoms with Gasteiger partial charge in [0.25, 0.3) is 0 Å². The second-order valence-corrected chi connectivity index (χ2v) is 6.31. The van der Waals surface area contributed by atoms with E-state index < -0.39 is 0 Å². The third kappa shape index (κ3) is 5.34. The SMILES string of the molecule is CCNC(=NCCc1c(C)nn(C)c1C)N1CCC(COC)C1.I. The van der Waals surface area contributed by atoms with E-state index in [0.717, 1.165) is 50.9 Å². The molecule has 24 heavy (non-hydrogen) atoms. The van der Waals surface area contributed by atoms with E-state index >= 15 is 0 Å². The van der Waals surface area contributed by atoms with Crippen molar-refractivity contribution >= 4 is 29.9 Å². The fourth-order valence-electron chi connectivity index (χ4n) is 3.28. The number of aromatic nitrogens is 2. The zero-order valence-electron chi connectivity index (χ0n) is 15.6. The molecule has 2 rings (SSSR count). The van der Waals surface area contributed by atoms with E-state index in [0.29, 0.717) is 5.92 Å². The van der Waals surface area contributed by atoms with Gasteiger partial charge in [-0.2, -0.15) is 5.10 Å². The Morgan fingerprint density at radius 3 is 2.75 bits per heavy atom. The molecule has 1 saturated heterocycles. The summed E-state index contributed by atoms with van der Waals surface area (Å²) in [5.74, 6) is 1.65. The molecule has 6 nitrogen and oxygen atoms in total. The Morgan fingerprint density at radius 2 is 2.17 bits per heavy atom. The highest BCUT2D eigenvalue weighted by Crippen LogP contribution is 2.17. The van der Waals surface area contributed by atoms with Gasteiger partial charge in [-0.1, -0.05) is 0 Å². The van der Waals surface area contributed by atoms with Crippen LogP contribution in [-0.2, 0) is 18.2 Å². The number of rotatable bonds is 6. The first kappa shape index (κ1) is 21.2. The topological polar surface area (TPSA) is 54.7 Å². The zero-order valence-corrected chi connectivity index (χ0v) is 18.0. The summed E-state index contributed by atoms with van der Waals surface area (Å²) in [5, 5.41) is 7.90. The standard InChI is InChI=1S/C17H31N5O.HI/c1-6-18-17(22-10-8-15(11-22)12-23-5)19-9-7-16-13(2)20-21(4)14(16)3;/h15H,6-12H2,1-5H3,(H,18,19);1H. The largest absolute Gasteiger partial charge is 0.384 e. The Bertz CT molecular complexity index is 543. The van der Waals surface area contributed by atoms with Gasteiger partial charge in [0.15, 0.2) is 5.96 Å². The molecule has 1 aliphatic rings. The van der Waals surface area contributed by atoms with Gasteiger partial charge >= 0.3 is 0 Å². The van der Waals surface area contributed by atoms with Crippen molar-refractivity contribution in [2.75, 3.05) is 39.9 Å². The van der Waals surface area contributed by atoms with Crippen LogP contribution in [0, 0.1) is 19.8 Å². The van der Waals surface area contributed by atoms with Crippen molar-refractivity contribution < 1.29 is 4.74 Å². The first-order chi connectivity index (χ1) is 11.1. The zero-order chi connectivity index (χ0) is 16.8. The molecule has 2 heterocycles. The van der Waals surface area contributed by atoms with E-state index in [4.69, 9.17) is 9.73 Å². The summed E-state index contributed by atoms with van der Waals surface area (Å²) in [6.07, 6.45) is 2.12. The normalized spacial score (nSPS) is 18.0. The first-order valence-corrected chi connectivity index (χ1v) is 8.58. The maximum Gasteiger partial charge on any atom is 0.193 e. The maximum absolute atomic E-state index is 5.29. The number of likely N-dealkylation sites (tertiary alicyclic amines) is 1. The lowest BCUT2D eigenvalue weighted by Gasteiger charge is -2.21. The predicted molar refractivity (Wildman–Crippen MR) is 109 cm³/mol. The number of hydrogen-bond acceptors (Lipinski definition) is 3. The lowest BCUT2D eigenvalue weighted by atomic mass is 10.1. The van der Waals surface area contributed by atoms with Crippen LogP contribution in [0.2, 0.25) is 0 Å².